The summed E-state index contributed by atoms with van der Waals surface area (Å²) in [7, 11) is 1.61. The quantitative estimate of drug-likeness (QED) is 0.541. The topological polar surface area (TPSA) is 78.1 Å². The number of alkyl halides is 3. The predicted molar refractivity (Wildman–Crippen MR) is 108 cm³/mol. The number of nitrogens with one attached hydrogen (secondary N) is 1. The molecule has 0 spiro atoms. The van der Waals surface area contributed by atoms with Crippen LogP contribution in [0.3, 0.4) is 0 Å². The predicted octanol–water partition coefficient (Wildman–Crippen LogP) is 4.07. The second kappa shape index (κ2) is 9.25. The van der Waals surface area contributed by atoms with E-state index in [0.29, 0.717) is 19.8 Å². The lowest BCUT2D eigenvalue weighted by molar-refractivity contribution is -0.274. The molecule has 0 unspecified atom stereocenters. The lowest BCUT2D eigenvalue weighted by atomic mass is 9.74. The molecule has 0 aliphatic carbocycles. The Labute approximate surface area is 172 Å². The van der Waals surface area contributed by atoms with Crippen molar-refractivity contribution >= 4 is 11.6 Å². The fraction of sp³-hybridized carbons (Fsp3) is 0.381. The molecule has 0 radical (unpaired) electrons. The molecule has 0 bridgehead atoms. The number of hydrogen-bond acceptors (Lipinski definition) is 4. The Hall–Kier alpha value is -2.94. The number of benzene rings is 2. The minimum absolute atomic E-state index is 0.00704. The number of anilines is 1. The number of para-hydroxylation sites is 2. The molecule has 0 amide bonds. The van der Waals surface area contributed by atoms with E-state index in [1.165, 1.54) is 18.2 Å². The fourth-order valence-electron chi connectivity index (χ4n) is 3.44. The molecule has 2 aromatic carbocycles. The molecule has 1 aliphatic heterocycles. The van der Waals surface area contributed by atoms with Crippen molar-refractivity contribution in [3.63, 3.8) is 0 Å². The van der Waals surface area contributed by atoms with Crippen molar-refractivity contribution in [3.8, 4) is 11.5 Å². The summed E-state index contributed by atoms with van der Waals surface area (Å²) in [5, 5.41) is 2.71. The van der Waals surface area contributed by atoms with Gasteiger partial charge in [0.15, 0.2) is 11.7 Å². The first-order valence-corrected chi connectivity index (χ1v) is 9.45. The van der Waals surface area contributed by atoms with Crippen LogP contribution in [0.25, 0.3) is 0 Å². The van der Waals surface area contributed by atoms with Crippen LogP contribution in [-0.2, 0) is 10.2 Å². The normalized spacial score (nSPS) is 16.7. The third-order valence-corrected chi connectivity index (χ3v) is 5.08. The number of methoxy groups -OCH3 is 1. The molecule has 1 aliphatic rings. The van der Waals surface area contributed by atoms with Crippen LogP contribution in [0.5, 0.6) is 11.5 Å². The van der Waals surface area contributed by atoms with E-state index < -0.39 is 6.36 Å². The second-order valence-electron chi connectivity index (χ2n) is 6.99. The van der Waals surface area contributed by atoms with Gasteiger partial charge in [-0.3, -0.25) is 4.99 Å². The van der Waals surface area contributed by atoms with E-state index in [-0.39, 0.29) is 22.8 Å². The van der Waals surface area contributed by atoms with Crippen LogP contribution in [0.1, 0.15) is 18.4 Å². The summed E-state index contributed by atoms with van der Waals surface area (Å²) in [6.07, 6.45) is -3.29. The molecule has 0 saturated carbocycles. The summed E-state index contributed by atoms with van der Waals surface area (Å²) >= 11 is 0. The highest BCUT2D eigenvalue weighted by atomic mass is 19.4. The van der Waals surface area contributed by atoms with E-state index >= 15 is 0 Å². The lowest BCUT2D eigenvalue weighted by Gasteiger charge is -2.36. The molecule has 1 heterocycles. The van der Waals surface area contributed by atoms with E-state index in [0.717, 1.165) is 24.2 Å². The molecule has 9 heteroatoms. The molecular weight excluding hydrogens is 399 g/mol. The summed E-state index contributed by atoms with van der Waals surface area (Å²) in [5.41, 5.74) is 6.88. The average molecular weight is 423 g/mol. The zero-order valence-corrected chi connectivity index (χ0v) is 16.5. The van der Waals surface area contributed by atoms with Crippen LogP contribution in [0.2, 0.25) is 0 Å². The van der Waals surface area contributed by atoms with Crippen molar-refractivity contribution in [2.45, 2.75) is 24.6 Å². The molecule has 0 atom stereocenters. The number of nitrogens with zero attached hydrogens (tertiary/aromatic N) is 1. The van der Waals surface area contributed by atoms with Gasteiger partial charge in [0.05, 0.1) is 19.3 Å². The molecular formula is C21H24F3N3O3. The van der Waals surface area contributed by atoms with E-state index in [2.05, 4.69) is 15.0 Å². The number of nitrogens with two attached hydrogens (primary N) is 1. The smallest absolute Gasteiger partial charge is 0.497 e. The van der Waals surface area contributed by atoms with Gasteiger partial charge >= 0.3 is 6.36 Å². The number of ether oxygens (including phenoxy) is 3. The zero-order chi connectivity index (χ0) is 21.6. The van der Waals surface area contributed by atoms with Crippen LogP contribution in [0, 0.1) is 0 Å². The van der Waals surface area contributed by atoms with E-state index in [9.17, 15) is 13.2 Å². The lowest BCUT2D eigenvalue weighted by Crippen LogP contribution is -2.38. The number of rotatable bonds is 6. The van der Waals surface area contributed by atoms with E-state index in [1.807, 2.05) is 24.3 Å². The summed E-state index contributed by atoms with van der Waals surface area (Å²) in [4.78, 5) is 4.43. The van der Waals surface area contributed by atoms with Gasteiger partial charge in [0.2, 0.25) is 0 Å². The second-order valence-corrected chi connectivity index (χ2v) is 6.99. The Morgan fingerprint density at radius 2 is 1.80 bits per heavy atom. The highest BCUT2D eigenvalue weighted by molar-refractivity contribution is 5.93. The molecule has 2 aromatic rings. The van der Waals surface area contributed by atoms with Gasteiger partial charge in [-0.2, -0.15) is 0 Å². The third kappa shape index (κ3) is 5.56. The molecule has 30 heavy (non-hydrogen) atoms. The number of guanidine groups is 1. The summed E-state index contributed by atoms with van der Waals surface area (Å²) in [6, 6.07) is 13.4. The minimum Gasteiger partial charge on any atom is -0.497 e. The van der Waals surface area contributed by atoms with Crippen molar-refractivity contribution in [1.29, 1.82) is 0 Å². The highest BCUT2D eigenvalue weighted by Gasteiger charge is 2.35. The van der Waals surface area contributed by atoms with Gasteiger partial charge in [0.25, 0.3) is 0 Å². The largest absolute Gasteiger partial charge is 0.573 e. The van der Waals surface area contributed by atoms with Gasteiger partial charge in [-0.25, -0.2) is 0 Å². The maximum absolute atomic E-state index is 12.6. The van der Waals surface area contributed by atoms with Crippen LogP contribution >= 0.6 is 0 Å². The van der Waals surface area contributed by atoms with Gasteiger partial charge < -0.3 is 25.3 Å². The van der Waals surface area contributed by atoms with Crippen LogP contribution in [-0.4, -0.2) is 39.2 Å². The summed E-state index contributed by atoms with van der Waals surface area (Å²) < 4.78 is 52.6. The van der Waals surface area contributed by atoms with Crippen LogP contribution in [0.4, 0.5) is 18.9 Å². The molecule has 1 saturated heterocycles. The number of hydrogen-bond donors (Lipinski definition) is 2. The van der Waals surface area contributed by atoms with Crippen molar-refractivity contribution in [2.24, 2.45) is 10.7 Å². The zero-order valence-electron chi connectivity index (χ0n) is 16.5. The van der Waals surface area contributed by atoms with Gasteiger partial charge in [0.1, 0.15) is 5.75 Å². The standard InChI is InChI=1S/C21H24F3N3O3/c1-28-16-8-6-15(7-9-16)20(10-12-29-13-11-20)14-26-19(25)27-17-4-2-3-5-18(17)30-21(22,23)24/h2-9H,10-14H2,1H3,(H3,25,26,27). The first-order valence-electron chi connectivity index (χ1n) is 9.45. The molecule has 1 fully saturated rings. The maximum Gasteiger partial charge on any atom is 0.573 e. The Morgan fingerprint density at radius 1 is 1.13 bits per heavy atom. The van der Waals surface area contributed by atoms with E-state index in [1.54, 1.807) is 13.2 Å². The Bertz CT molecular complexity index is 864. The summed E-state index contributed by atoms with van der Waals surface area (Å²) in [6.45, 7) is 1.55. The maximum atomic E-state index is 12.6. The first-order chi connectivity index (χ1) is 14.3. The molecule has 0 aromatic heterocycles. The van der Waals surface area contributed by atoms with Gasteiger partial charge in [-0.15, -0.1) is 13.2 Å². The molecule has 6 nitrogen and oxygen atoms in total. The third-order valence-electron chi connectivity index (χ3n) is 5.08. The average Bonchev–Trinajstić information content (AvgIpc) is 2.73. The Kier molecular flexibility index (Phi) is 6.71. The monoisotopic (exact) mass is 423 g/mol. The van der Waals surface area contributed by atoms with Gasteiger partial charge in [-0.1, -0.05) is 24.3 Å². The highest BCUT2D eigenvalue weighted by Crippen LogP contribution is 2.36. The number of halogens is 3. The van der Waals surface area contributed by atoms with E-state index in [4.69, 9.17) is 15.2 Å². The van der Waals surface area contributed by atoms with Crippen molar-refractivity contribution in [3.05, 3.63) is 54.1 Å². The van der Waals surface area contributed by atoms with Crippen molar-refractivity contribution in [2.75, 3.05) is 32.2 Å². The first kappa shape index (κ1) is 21.8. The van der Waals surface area contributed by atoms with Crippen molar-refractivity contribution in [1.82, 2.24) is 0 Å². The van der Waals surface area contributed by atoms with Crippen molar-refractivity contribution < 1.29 is 27.4 Å². The van der Waals surface area contributed by atoms with Crippen LogP contribution in [0.15, 0.2) is 53.5 Å². The van der Waals surface area contributed by atoms with Gasteiger partial charge in [0, 0.05) is 18.6 Å². The Balaban J connectivity index is 1.78. The summed E-state index contributed by atoms with van der Waals surface area (Å²) in [5.74, 6) is 0.388. The van der Waals surface area contributed by atoms with Gasteiger partial charge in [-0.05, 0) is 42.7 Å². The fourth-order valence-corrected chi connectivity index (χ4v) is 3.44. The molecule has 3 N–H and O–H groups in total. The number of aliphatic imine (C=N–C) groups is 1. The van der Waals surface area contributed by atoms with Crippen LogP contribution < -0.4 is 20.5 Å². The molecule has 3 rings (SSSR count). The molecule has 162 valence electrons. The SMILES string of the molecule is COc1ccc(C2(CN=C(N)Nc3ccccc3OC(F)(F)F)CCOCC2)cc1. The Morgan fingerprint density at radius 3 is 2.43 bits per heavy atom. The minimum atomic E-state index is -4.80.